The van der Waals surface area contributed by atoms with E-state index in [1.807, 2.05) is 0 Å². The topological polar surface area (TPSA) is 119 Å². The van der Waals surface area contributed by atoms with E-state index in [4.69, 9.17) is 4.74 Å². The Morgan fingerprint density at radius 3 is 2.44 bits per heavy atom. The van der Waals surface area contributed by atoms with E-state index in [0.717, 1.165) is 42.9 Å². The van der Waals surface area contributed by atoms with Gasteiger partial charge in [-0.2, -0.15) is 0 Å². The molecule has 2 aromatic carbocycles. The van der Waals surface area contributed by atoms with Gasteiger partial charge in [-0.3, -0.25) is 9.59 Å². The number of nitrogens with zero attached hydrogens (tertiary/aromatic N) is 7. The Balaban J connectivity index is 1.17. The number of likely N-dealkylation sites (N-methyl/N-ethyl adjacent to an activating group) is 1. The highest BCUT2D eigenvalue weighted by atomic mass is 32.1. The molecule has 12 nitrogen and oxygen atoms in total. The number of hydrogen-bond donors (Lipinski definition) is 2. The minimum Gasteiger partial charge on any atom is -0.378 e. The summed E-state index contributed by atoms with van der Waals surface area (Å²) in [7, 11) is 0. The number of carbonyl (C=O) groups excluding carboxylic acids is 2. The lowest BCUT2D eigenvalue weighted by Crippen LogP contribution is -2.46. The number of hydrogen-bond acceptors (Lipinski definition) is 11. The molecule has 2 amide bonds. The summed E-state index contributed by atoms with van der Waals surface area (Å²) in [6.45, 7) is 12.2. The fourth-order valence-corrected chi connectivity index (χ4v) is 6.57. The lowest BCUT2D eigenvalue weighted by atomic mass is 10.1. The highest BCUT2D eigenvalue weighted by molar-refractivity contribution is 7.17. The van der Waals surface area contributed by atoms with Crippen LogP contribution in [-0.2, 0) is 4.74 Å². The number of aromatic nitrogens is 3. The summed E-state index contributed by atoms with van der Waals surface area (Å²) in [5, 5.41) is 6.21. The van der Waals surface area contributed by atoms with E-state index in [1.165, 1.54) is 30.5 Å². The third-order valence-corrected chi connectivity index (χ3v) is 9.50. The minimum absolute atomic E-state index is 0.0930. The number of halogens is 3. The van der Waals surface area contributed by atoms with E-state index in [9.17, 15) is 22.8 Å². The molecule has 2 fully saturated rings. The van der Waals surface area contributed by atoms with E-state index in [1.54, 1.807) is 32.0 Å². The summed E-state index contributed by atoms with van der Waals surface area (Å²) in [6, 6.07) is 11.9. The van der Waals surface area contributed by atoms with Crippen LogP contribution in [0.4, 0.5) is 47.0 Å². The summed E-state index contributed by atoms with van der Waals surface area (Å²) in [6.07, 6.45) is -3.66. The first kappa shape index (κ1) is 35.0. The molecule has 2 aromatic heterocycles. The average Bonchev–Trinajstić information content (AvgIpc) is 3.58. The smallest absolute Gasteiger partial charge is 0.378 e. The first-order valence-electron chi connectivity index (χ1n) is 16.3. The molecule has 0 spiro atoms. The van der Waals surface area contributed by atoms with Crippen LogP contribution in [0.2, 0.25) is 0 Å². The molecule has 16 heteroatoms. The maximum absolute atomic E-state index is 14.5. The molecule has 0 aliphatic carbocycles. The van der Waals surface area contributed by atoms with Gasteiger partial charge >= 0.3 is 6.30 Å². The number of amides is 2. The Morgan fingerprint density at radius 1 is 0.960 bits per heavy atom. The number of morpholine rings is 1. The summed E-state index contributed by atoms with van der Waals surface area (Å²) in [5.41, 5.74) is 0.814. The first-order valence-corrected chi connectivity index (χ1v) is 17.1. The number of aryl methyl sites for hydroxylation is 2. The Hall–Kier alpha value is -4.80. The van der Waals surface area contributed by atoms with Crippen molar-refractivity contribution in [2.45, 2.75) is 27.1 Å². The van der Waals surface area contributed by atoms with E-state index >= 15 is 0 Å². The summed E-state index contributed by atoms with van der Waals surface area (Å²) >= 11 is 1.06. The van der Waals surface area contributed by atoms with E-state index < -0.39 is 23.8 Å². The van der Waals surface area contributed by atoms with Gasteiger partial charge in [-0.15, -0.1) is 13.2 Å². The van der Waals surface area contributed by atoms with Gasteiger partial charge in [0.2, 0.25) is 0 Å². The number of ether oxygens (including phenoxy) is 1. The number of piperazine rings is 1. The average molecular weight is 710 g/mol. The Kier molecular flexibility index (Phi) is 10.5. The van der Waals surface area contributed by atoms with Crippen LogP contribution in [0.1, 0.15) is 38.3 Å². The maximum atomic E-state index is 14.5. The predicted octanol–water partition coefficient (Wildman–Crippen LogP) is 5.69. The van der Waals surface area contributed by atoms with Crippen LogP contribution >= 0.6 is 11.3 Å². The molecular formula is C34H38F3N9O3S. The lowest BCUT2D eigenvalue weighted by Gasteiger charge is -2.35. The Bertz CT molecular complexity index is 1840. The number of thiazole rings is 1. The van der Waals surface area contributed by atoms with Crippen LogP contribution in [0.5, 0.6) is 0 Å². The molecule has 4 aromatic rings. The van der Waals surface area contributed by atoms with Crippen LogP contribution in [0, 0.1) is 13.8 Å². The molecule has 0 atom stereocenters. The first-order chi connectivity index (χ1) is 24.0. The van der Waals surface area contributed by atoms with E-state index in [-0.39, 0.29) is 21.0 Å². The molecule has 50 heavy (non-hydrogen) atoms. The van der Waals surface area contributed by atoms with Gasteiger partial charge in [0.1, 0.15) is 22.3 Å². The molecule has 2 aliphatic rings. The van der Waals surface area contributed by atoms with Gasteiger partial charge in [-0.1, -0.05) is 30.4 Å². The van der Waals surface area contributed by atoms with Crippen molar-refractivity contribution in [1.29, 1.82) is 0 Å². The standard InChI is InChI=1S/C34H38F3N9O3S/c1-4-43-10-12-44(13-11-43)25-7-5-6-24(18-25)32(48)46(34(35,36)37)26-9-8-22(2)27(19-26)41-31(47)28-21-38-33(50-28)42-29-20-30(40-23(3)39-29)45-14-16-49-17-15-45/h5-9,18-21H,4,10-17H2,1-3H3,(H,41,47)(H,38,39,40,42). The highest BCUT2D eigenvalue weighted by Gasteiger charge is 2.43. The van der Waals surface area contributed by atoms with Crippen molar-refractivity contribution in [3.63, 3.8) is 0 Å². The Labute approximate surface area is 291 Å². The monoisotopic (exact) mass is 709 g/mol. The number of carbonyl (C=O) groups is 2. The Morgan fingerprint density at radius 2 is 1.72 bits per heavy atom. The summed E-state index contributed by atoms with van der Waals surface area (Å²) in [4.78, 5) is 46.5. The van der Waals surface area contributed by atoms with Gasteiger partial charge in [0.15, 0.2) is 5.13 Å². The maximum Gasteiger partial charge on any atom is 0.491 e. The molecule has 6 rings (SSSR count). The predicted molar refractivity (Wildman–Crippen MR) is 188 cm³/mol. The van der Waals surface area contributed by atoms with Crippen molar-refractivity contribution in [3.05, 3.63) is 76.6 Å². The van der Waals surface area contributed by atoms with Crippen LogP contribution in [0.25, 0.3) is 0 Å². The normalized spacial score (nSPS) is 15.6. The number of rotatable bonds is 9. The second-order valence-electron chi connectivity index (χ2n) is 11.9. The van der Waals surface area contributed by atoms with Gasteiger partial charge in [0.25, 0.3) is 11.8 Å². The molecule has 0 radical (unpaired) electrons. The second-order valence-corrected chi connectivity index (χ2v) is 13.0. The summed E-state index contributed by atoms with van der Waals surface area (Å²) < 4.78 is 49.1. The van der Waals surface area contributed by atoms with Gasteiger partial charge in [-0.25, -0.2) is 19.9 Å². The lowest BCUT2D eigenvalue weighted by molar-refractivity contribution is -0.122. The number of benzene rings is 2. The zero-order valence-electron chi connectivity index (χ0n) is 28.0. The number of nitrogens with one attached hydrogen (secondary N) is 2. The summed E-state index contributed by atoms with van der Waals surface area (Å²) in [5.74, 6) is 0.0287. The zero-order chi connectivity index (χ0) is 35.4. The van der Waals surface area contributed by atoms with Gasteiger partial charge in [0.05, 0.1) is 25.1 Å². The number of alkyl halides is 3. The quantitative estimate of drug-likeness (QED) is 0.210. The molecule has 0 unspecified atom stereocenters. The minimum atomic E-state index is -5.03. The van der Waals surface area contributed by atoms with Crippen molar-refractivity contribution < 1.29 is 27.5 Å². The van der Waals surface area contributed by atoms with Gasteiger partial charge < -0.3 is 30.1 Å². The van der Waals surface area contributed by atoms with E-state index in [0.29, 0.717) is 67.4 Å². The SMILES string of the molecule is CCN1CCN(c2cccc(C(=O)N(c3ccc(C)c(NC(=O)c4cnc(Nc5cc(N6CCOCC6)nc(C)n5)s4)c3)C(F)(F)F)c2)CC1. The molecule has 2 N–H and O–H groups in total. The van der Waals surface area contributed by atoms with Crippen molar-refractivity contribution in [2.75, 3.05) is 84.4 Å². The van der Waals surface area contributed by atoms with Crippen molar-refractivity contribution in [3.8, 4) is 0 Å². The molecule has 2 aliphatic heterocycles. The fourth-order valence-electron chi connectivity index (χ4n) is 5.85. The zero-order valence-corrected chi connectivity index (χ0v) is 28.8. The number of anilines is 6. The molecule has 0 saturated carbocycles. The van der Waals surface area contributed by atoms with Gasteiger partial charge in [-0.05, 0) is 56.3 Å². The van der Waals surface area contributed by atoms with Crippen molar-refractivity contribution in [1.82, 2.24) is 19.9 Å². The van der Waals surface area contributed by atoms with Gasteiger partial charge in [0, 0.05) is 62.3 Å². The molecule has 4 heterocycles. The molecule has 264 valence electrons. The third kappa shape index (κ3) is 8.14. The van der Waals surface area contributed by atoms with Crippen molar-refractivity contribution >= 4 is 57.0 Å². The molecular weight excluding hydrogens is 671 g/mol. The molecule has 0 bridgehead atoms. The van der Waals surface area contributed by atoms with Crippen molar-refractivity contribution in [2.24, 2.45) is 0 Å². The van der Waals surface area contributed by atoms with Crippen LogP contribution < -0.4 is 25.3 Å². The molecule has 2 saturated heterocycles. The van der Waals surface area contributed by atoms with E-state index in [2.05, 4.69) is 47.2 Å². The fraction of sp³-hybridized carbons (Fsp3) is 0.382. The van der Waals surface area contributed by atoms with Crippen LogP contribution in [-0.4, -0.2) is 97.0 Å². The largest absolute Gasteiger partial charge is 0.491 e. The highest BCUT2D eigenvalue weighted by Crippen LogP contribution is 2.34. The second kappa shape index (κ2) is 15.0. The van der Waals surface area contributed by atoms with Crippen LogP contribution in [0.15, 0.2) is 54.7 Å². The third-order valence-electron chi connectivity index (χ3n) is 8.59. The van der Waals surface area contributed by atoms with Crippen LogP contribution in [0.3, 0.4) is 0 Å².